The monoisotopic (exact) mass is 481 g/mol. The Kier molecular flexibility index (Phi) is 6.85. The molecule has 4 rings (SSSR count). The van der Waals surface area contributed by atoms with Gasteiger partial charge < -0.3 is 15.1 Å². The molecule has 1 aromatic heterocycles. The van der Waals surface area contributed by atoms with Crippen molar-refractivity contribution in [1.29, 1.82) is 0 Å². The zero-order valence-electron chi connectivity index (χ0n) is 19.1. The standard InChI is InChI=1S/C25H27N3O5S/c1-17-8-9-23(18(2)15-17)34(31,32)28-12-10-19(11-13-28)24(29)26-20-5-3-6-21(16-20)27-25(30)22-7-4-14-33-22/h3-9,14-16,19H,10-13H2,1-2H3,(H,26,29)(H,27,30). The van der Waals surface area contributed by atoms with Crippen molar-refractivity contribution in [3.05, 3.63) is 77.7 Å². The summed E-state index contributed by atoms with van der Waals surface area (Å²) in [6.45, 7) is 4.29. The van der Waals surface area contributed by atoms with Crippen molar-refractivity contribution in [1.82, 2.24) is 4.31 Å². The van der Waals surface area contributed by atoms with Crippen molar-refractivity contribution < 1.29 is 22.4 Å². The molecule has 0 bridgehead atoms. The molecule has 1 fully saturated rings. The van der Waals surface area contributed by atoms with Crippen molar-refractivity contribution in [2.45, 2.75) is 31.6 Å². The number of nitrogens with one attached hydrogen (secondary N) is 2. The molecule has 1 saturated heterocycles. The van der Waals surface area contributed by atoms with Crippen LogP contribution in [0.1, 0.15) is 34.5 Å². The summed E-state index contributed by atoms with van der Waals surface area (Å²) in [7, 11) is -3.60. The molecule has 9 heteroatoms. The number of furan rings is 1. The van der Waals surface area contributed by atoms with E-state index in [2.05, 4.69) is 10.6 Å². The lowest BCUT2D eigenvalue weighted by Gasteiger charge is -2.31. The van der Waals surface area contributed by atoms with Gasteiger partial charge in [0.2, 0.25) is 15.9 Å². The first-order valence-electron chi connectivity index (χ1n) is 11.1. The van der Waals surface area contributed by atoms with Gasteiger partial charge in [-0.1, -0.05) is 23.8 Å². The van der Waals surface area contributed by atoms with E-state index in [0.29, 0.717) is 29.1 Å². The molecule has 2 heterocycles. The second-order valence-electron chi connectivity index (χ2n) is 8.45. The summed E-state index contributed by atoms with van der Waals surface area (Å²) in [6.07, 6.45) is 2.29. The maximum Gasteiger partial charge on any atom is 0.291 e. The van der Waals surface area contributed by atoms with E-state index < -0.39 is 10.0 Å². The third-order valence-corrected chi connectivity index (χ3v) is 7.96. The maximum atomic E-state index is 13.1. The van der Waals surface area contributed by atoms with Gasteiger partial charge in [0.15, 0.2) is 5.76 Å². The van der Waals surface area contributed by atoms with Gasteiger partial charge in [-0.15, -0.1) is 0 Å². The van der Waals surface area contributed by atoms with Crippen LogP contribution in [0.5, 0.6) is 0 Å². The Hall–Kier alpha value is -3.43. The highest BCUT2D eigenvalue weighted by Gasteiger charge is 2.32. The van der Waals surface area contributed by atoms with E-state index in [4.69, 9.17) is 4.42 Å². The molecule has 2 amide bonds. The molecule has 0 saturated carbocycles. The number of piperidine rings is 1. The number of hydrogen-bond acceptors (Lipinski definition) is 5. The van der Waals surface area contributed by atoms with Gasteiger partial charge in [0, 0.05) is 30.4 Å². The zero-order valence-corrected chi connectivity index (χ0v) is 19.9. The van der Waals surface area contributed by atoms with Gasteiger partial charge in [0.1, 0.15) is 0 Å². The molecule has 0 unspecified atom stereocenters. The molecule has 178 valence electrons. The number of amides is 2. The minimum Gasteiger partial charge on any atom is -0.459 e. The molecule has 0 aliphatic carbocycles. The normalized spacial score (nSPS) is 15.1. The van der Waals surface area contributed by atoms with Crippen LogP contribution in [0.4, 0.5) is 11.4 Å². The molecule has 3 aromatic rings. The molecular weight excluding hydrogens is 454 g/mol. The average Bonchev–Trinajstić information content (AvgIpc) is 3.34. The Balaban J connectivity index is 1.35. The van der Waals surface area contributed by atoms with Gasteiger partial charge in [-0.25, -0.2) is 8.42 Å². The summed E-state index contributed by atoms with van der Waals surface area (Å²) in [5, 5.41) is 5.61. The van der Waals surface area contributed by atoms with E-state index in [1.54, 1.807) is 55.5 Å². The molecule has 2 aromatic carbocycles. The van der Waals surface area contributed by atoms with Crippen molar-refractivity contribution in [3.63, 3.8) is 0 Å². The van der Waals surface area contributed by atoms with Crippen LogP contribution in [0.2, 0.25) is 0 Å². The first-order valence-corrected chi connectivity index (χ1v) is 12.5. The minimum absolute atomic E-state index is 0.168. The van der Waals surface area contributed by atoms with Gasteiger partial charge >= 0.3 is 0 Å². The lowest BCUT2D eigenvalue weighted by molar-refractivity contribution is -0.120. The van der Waals surface area contributed by atoms with E-state index >= 15 is 0 Å². The highest BCUT2D eigenvalue weighted by molar-refractivity contribution is 7.89. The minimum atomic E-state index is -3.60. The molecule has 34 heavy (non-hydrogen) atoms. The van der Waals surface area contributed by atoms with Crippen LogP contribution in [0.25, 0.3) is 0 Å². The largest absolute Gasteiger partial charge is 0.459 e. The first-order chi connectivity index (χ1) is 16.2. The number of benzene rings is 2. The van der Waals surface area contributed by atoms with E-state index in [1.807, 2.05) is 13.0 Å². The molecule has 0 atom stereocenters. The summed E-state index contributed by atoms with van der Waals surface area (Å²) in [5.74, 6) is -0.659. The summed E-state index contributed by atoms with van der Waals surface area (Å²) in [5.41, 5.74) is 2.80. The molecule has 8 nitrogen and oxygen atoms in total. The van der Waals surface area contributed by atoms with E-state index in [0.717, 1.165) is 11.1 Å². The van der Waals surface area contributed by atoms with Gasteiger partial charge in [-0.2, -0.15) is 4.31 Å². The summed E-state index contributed by atoms with van der Waals surface area (Å²) < 4.78 is 32.7. The lowest BCUT2D eigenvalue weighted by atomic mass is 9.97. The number of rotatable bonds is 6. The highest BCUT2D eigenvalue weighted by Crippen LogP contribution is 2.27. The lowest BCUT2D eigenvalue weighted by Crippen LogP contribution is -2.41. The second kappa shape index (κ2) is 9.82. The summed E-state index contributed by atoms with van der Waals surface area (Å²) in [4.78, 5) is 25.3. The molecule has 0 radical (unpaired) electrons. The highest BCUT2D eigenvalue weighted by atomic mass is 32.2. The van der Waals surface area contributed by atoms with Crippen LogP contribution < -0.4 is 10.6 Å². The van der Waals surface area contributed by atoms with E-state index in [9.17, 15) is 18.0 Å². The van der Waals surface area contributed by atoms with E-state index in [1.165, 1.54) is 10.6 Å². The second-order valence-corrected chi connectivity index (χ2v) is 10.4. The number of sulfonamides is 1. The third kappa shape index (κ3) is 5.21. The number of nitrogens with zero attached hydrogens (tertiary/aromatic N) is 1. The van der Waals surface area contributed by atoms with Crippen LogP contribution in [-0.4, -0.2) is 37.6 Å². The number of anilines is 2. The smallest absolute Gasteiger partial charge is 0.291 e. The topological polar surface area (TPSA) is 109 Å². The zero-order chi connectivity index (χ0) is 24.3. The number of hydrogen-bond donors (Lipinski definition) is 2. The average molecular weight is 482 g/mol. The Morgan fingerprint density at radius 1 is 0.941 bits per heavy atom. The van der Waals surface area contributed by atoms with Gasteiger partial charge in [-0.05, 0) is 68.7 Å². The van der Waals surface area contributed by atoms with Crippen molar-refractivity contribution in [2.75, 3.05) is 23.7 Å². The summed E-state index contributed by atoms with van der Waals surface area (Å²) >= 11 is 0. The number of carbonyl (C=O) groups is 2. The van der Waals surface area contributed by atoms with Crippen molar-refractivity contribution >= 4 is 33.2 Å². The molecule has 1 aliphatic heterocycles. The fourth-order valence-electron chi connectivity index (χ4n) is 4.11. The predicted octanol–water partition coefficient (Wildman–Crippen LogP) is 4.19. The fraction of sp³-hybridized carbons (Fsp3) is 0.280. The molecule has 0 spiro atoms. The van der Waals surface area contributed by atoms with Crippen LogP contribution in [0.15, 0.2) is 70.2 Å². The molecule has 1 aliphatic rings. The van der Waals surface area contributed by atoms with Gasteiger partial charge in [0.05, 0.1) is 11.2 Å². The first kappa shape index (κ1) is 23.7. The fourth-order valence-corrected chi connectivity index (χ4v) is 5.78. The van der Waals surface area contributed by atoms with Crippen LogP contribution in [-0.2, 0) is 14.8 Å². The van der Waals surface area contributed by atoms with Gasteiger partial charge in [-0.3, -0.25) is 9.59 Å². The molecule has 2 N–H and O–H groups in total. The van der Waals surface area contributed by atoms with Crippen LogP contribution in [0, 0.1) is 19.8 Å². The Labute approximate surface area is 199 Å². The Morgan fingerprint density at radius 3 is 2.29 bits per heavy atom. The quantitative estimate of drug-likeness (QED) is 0.549. The summed E-state index contributed by atoms with van der Waals surface area (Å²) in [6, 6.07) is 15.3. The maximum absolute atomic E-state index is 13.1. The SMILES string of the molecule is Cc1ccc(S(=O)(=O)N2CCC(C(=O)Nc3cccc(NC(=O)c4ccco4)c3)CC2)c(C)c1. The van der Waals surface area contributed by atoms with Crippen molar-refractivity contribution in [3.8, 4) is 0 Å². The molecular formula is C25H27N3O5S. The predicted molar refractivity (Wildman–Crippen MR) is 129 cm³/mol. The Bertz CT molecular complexity index is 1290. The number of aryl methyl sites for hydroxylation is 2. The van der Waals surface area contributed by atoms with Crippen LogP contribution in [0.3, 0.4) is 0 Å². The Morgan fingerprint density at radius 2 is 1.65 bits per heavy atom. The van der Waals surface area contributed by atoms with E-state index in [-0.39, 0.29) is 36.6 Å². The number of carbonyl (C=O) groups excluding carboxylic acids is 2. The van der Waals surface area contributed by atoms with Crippen LogP contribution >= 0.6 is 0 Å². The third-order valence-electron chi connectivity index (χ3n) is 5.91. The van der Waals surface area contributed by atoms with Gasteiger partial charge in [0.25, 0.3) is 5.91 Å². The van der Waals surface area contributed by atoms with Crippen molar-refractivity contribution in [2.24, 2.45) is 5.92 Å².